The molecule has 0 aromatic heterocycles. The van der Waals surface area contributed by atoms with E-state index in [0.717, 1.165) is 11.1 Å². The smallest absolute Gasteiger partial charge is 0.417 e. The minimum absolute atomic E-state index is 0.225. The number of hydrogen-bond donors (Lipinski definition) is 0. The van der Waals surface area contributed by atoms with E-state index in [-0.39, 0.29) is 5.56 Å². The van der Waals surface area contributed by atoms with Crippen LogP contribution in [0, 0.1) is 0 Å². The van der Waals surface area contributed by atoms with E-state index < -0.39 is 11.7 Å². The highest BCUT2D eigenvalue weighted by molar-refractivity contribution is 5.73. The zero-order valence-electron chi connectivity index (χ0n) is 12.9. The summed E-state index contributed by atoms with van der Waals surface area (Å²) in [6.07, 6.45) is -3.03. The maximum absolute atomic E-state index is 13.4. The minimum atomic E-state index is -4.38. The predicted molar refractivity (Wildman–Crippen MR) is 82.2 cm³/mol. The normalized spacial score (nSPS) is 11.5. The summed E-state index contributed by atoms with van der Waals surface area (Å²) < 4.78 is 45.2. The summed E-state index contributed by atoms with van der Waals surface area (Å²) in [6, 6.07) is 9.64. The van der Waals surface area contributed by atoms with Crippen LogP contribution in [0.2, 0.25) is 0 Å². The fraction of sp³-hybridized carbons (Fsp3) is 0.333. The van der Waals surface area contributed by atoms with E-state index in [2.05, 4.69) is 0 Å². The number of alkyl halides is 3. The highest BCUT2D eigenvalue weighted by Crippen LogP contribution is 2.40. The van der Waals surface area contributed by atoms with E-state index in [1.807, 2.05) is 19.9 Å². The molecule has 2 aromatic carbocycles. The first-order valence-electron chi connectivity index (χ1n) is 7.28. The molecule has 22 heavy (non-hydrogen) atoms. The summed E-state index contributed by atoms with van der Waals surface area (Å²) >= 11 is 0. The minimum Gasteiger partial charge on any atom is -0.497 e. The lowest BCUT2D eigenvalue weighted by Gasteiger charge is -2.17. The number of hydrogen-bond acceptors (Lipinski definition) is 1. The van der Waals surface area contributed by atoms with Crippen LogP contribution in [0.5, 0.6) is 5.75 Å². The summed E-state index contributed by atoms with van der Waals surface area (Å²) in [4.78, 5) is 0. The summed E-state index contributed by atoms with van der Waals surface area (Å²) in [5.41, 5.74) is 1.96. The number of aryl methyl sites for hydroxylation is 2. The molecule has 0 amide bonds. The first-order valence-corrected chi connectivity index (χ1v) is 7.28. The van der Waals surface area contributed by atoms with Gasteiger partial charge in [-0.2, -0.15) is 13.2 Å². The molecule has 0 unspecified atom stereocenters. The number of rotatable bonds is 4. The Morgan fingerprint density at radius 1 is 0.909 bits per heavy atom. The van der Waals surface area contributed by atoms with Gasteiger partial charge in [0.1, 0.15) is 5.75 Å². The van der Waals surface area contributed by atoms with E-state index in [9.17, 15) is 13.2 Å². The van der Waals surface area contributed by atoms with Crippen molar-refractivity contribution >= 4 is 0 Å². The number of benzene rings is 2. The van der Waals surface area contributed by atoms with Gasteiger partial charge < -0.3 is 4.74 Å². The standard InChI is InChI=1S/C18H19F3O/c1-4-12-6-9-17(18(19,20)21)16(10-12)15-11-14(22-3)8-7-13(15)5-2/h6-11H,4-5H2,1-3H3. The van der Waals surface area contributed by atoms with Crippen LogP contribution in [0.1, 0.15) is 30.5 Å². The Hall–Kier alpha value is -1.97. The number of halogens is 3. The molecule has 2 aromatic rings. The Bertz CT molecular complexity index is 660. The highest BCUT2D eigenvalue weighted by atomic mass is 19.4. The van der Waals surface area contributed by atoms with Gasteiger partial charge in [0.15, 0.2) is 0 Å². The fourth-order valence-electron chi connectivity index (χ4n) is 2.52. The molecule has 0 aliphatic heterocycles. The molecule has 0 fully saturated rings. The Kier molecular flexibility index (Phi) is 4.79. The van der Waals surface area contributed by atoms with Crippen LogP contribution >= 0.6 is 0 Å². The molecule has 0 saturated carbocycles. The zero-order valence-corrected chi connectivity index (χ0v) is 12.9. The van der Waals surface area contributed by atoms with E-state index in [1.54, 1.807) is 18.2 Å². The monoisotopic (exact) mass is 308 g/mol. The van der Waals surface area contributed by atoms with Crippen LogP contribution in [0.4, 0.5) is 13.2 Å². The molecule has 0 aliphatic rings. The molecule has 0 atom stereocenters. The van der Waals surface area contributed by atoms with Crippen LogP contribution in [0.3, 0.4) is 0 Å². The Morgan fingerprint density at radius 2 is 1.64 bits per heavy atom. The van der Waals surface area contributed by atoms with E-state index in [4.69, 9.17) is 4.74 Å². The quantitative estimate of drug-likeness (QED) is 0.724. The van der Waals surface area contributed by atoms with Gasteiger partial charge in [-0.05, 0) is 53.3 Å². The van der Waals surface area contributed by atoms with Crippen LogP contribution < -0.4 is 4.74 Å². The first-order chi connectivity index (χ1) is 10.4. The van der Waals surface area contributed by atoms with Crippen molar-refractivity contribution in [3.05, 3.63) is 53.1 Å². The van der Waals surface area contributed by atoms with Crippen molar-refractivity contribution in [1.29, 1.82) is 0 Å². The molecule has 0 spiro atoms. The van der Waals surface area contributed by atoms with Gasteiger partial charge in [0.2, 0.25) is 0 Å². The number of ether oxygens (including phenoxy) is 1. The largest absolute Gasteiger partial charge is 0.497 e. The van der Waals surface area contributed by atoms with Crippen LogP contribution in [0.25, 0.3) is 11.1 Å². The third kappa shape index (κ3) is 3.26. The Morgan fingerprint density at radius 3 is 2.18 bits per heavy atom. The average molecular weight is 308 g/mol. The van der Waals surface area contributed by atoms with Gasteiger partial charge in [-0.1, -0.05) is 32.0 Å². The molecule has 0 aliphatic carbocycles. The second-order valence-electron chi connectivity index (χ2n) is 5.11. The topological polar surface area (TPSA) is 9.23 Å². The molecule has 0 radical (unpaired) electrons. The lowest BCUT2D eigenvalue weighted by atomic mass is 9.91. The molecular weight excluding hydrogens is 289 g/mol. The van der Waals surface area contributed by atoms with Gasteiger partial charge in [-0.15, -0.1) is 0 Å². The molecule has 4 heteroatoms. The lowest BCUT2D eigenvalue weighted by Crippen LogP contribution is -2.08. The molecule has 118 valence electrons. The highest BCUT2D eigenvalue weighted by Gasteiger charge is 2.34. The van der Waals surface area contributed by atoms with Crippen molar-refractivity contribution in [2.24, 2.45) is 0 Å². The second-order valence-corrected chi connectivity index (χ2v) is 5.11. The third-order valence-electron chi connectivity index (χ3n) is 3.79. The van der Waals surface area contributed by atoms with Crippen LogP contribution in [-0.2, 0) is 19.0 Å². The Balaban J connectivity index is 2.74. The second kappa shape index (κ2) is 6.42. The SMILES string of the molecule is CCc1ccc(C(F)(F)F)c(-c2cc(OC)ccc2CC)c1. The van der Waals surface area contributed by atoms with Crippen molar-refractivity contribution in [1.82, 2.24) is 0 Å². The Labute approximate surface area is 128 Å². The molecular formula is C18H19F3O. The molecule has 1 nitrogen and oxygen atoms in total. The molecule has 0 N–H and O–H groups in total. The lowest BCUT2D eigenvalue weighted by molar-refractivity contribution is -0.137. The van der Waals surface area contributed by atoms with Gasteiger partial charge in [0.25, 0.3) is 0 Å². The van der Waals surface area contributed by atoms with Gasteiger partial charge in [-0.25, -0.2) is 0 Å². The maximum atomic E-state index is 13.4. The maximum Gasteiger partial charge on any atom is 0.417 e. The third-order valence-corrected chi connectivity index (χ3v) is 3.79. The van der Waals surface area contributed by atoms with Crippen molar-refractivity contribution in [2.75, 3.05) is 7.11 Å². The zero-order chi connectivity index (χ0) is 16.3. The van der Waals surface area contributed by atoms with Crippen LogP contribution in [0.15, 0.2) is 36.4 Å². The van der Waals surface area contributed by atoms with Gasteiger partial charge >= 0.3 is 6.18 Å². The molecule has 2 rings (SSSR count). The van der Waals surface area contributed by atoms with Gasteiger partial charge in [0, 0.05) is 0 Å². The van der Waals surface area contributed by atoms with Crippen molar-refractivity contribution < 1.29 is 17.9 Å². The summed E-state index contributed by atoms with van der Waals surface area (Å²) in [5, 5.41) is 0. The van der Waals surface area contributed by atoms with Crippen molar-refractivity contribution in [3.63, 3.8) is 0 Å². The van der Waals surface area contributed by atoms with E-state index >= 15 is 0 Å². The molecule has 0 bridgehead atoms. The van der Waals surface area contributed by atoms with Crippen molar-refractivity contribution in [2.45, 2.75) is 32.9 Å². The average Bonchev–Trinajstić information content (AvgIpc) is 2.52. The first kappa shape index (κ1) is 16.4. The van der Waals surface area contributed by atoms with Gasteiger partial charge in [0.05, 0.1) is 12.7 Å². The fourth-order valence-corrected chi connectivity index (χ4v) is 2.52. The summed E-state index contributed by atoms with van der Waals surface area (Å²) in [5.74, 6) is 0.558. The van der Waals surface area contributed by atoms with E-state index in [0.29, 0.717) is 24.2 Å². The number of methoxy groups -OCH3 is 1. The van der Waals surface area contributed by atoms with Gasteiger partial charge in [-0.3, -0.25) is 0 Å². The molecule has 0 saturated heterocycles. The predicted octanol–water partition coefficient (Wildman–Crippen LogP) is 5.51. The van der Waals surface area contributed by atoms with Crippen LogP contribution in [-0.4, -0.2) is 7.11 Å². The molecule has 0 heterocycles. The summed E-state index contributed by atoms with van der Waals surface area (Å²) in [6.45, 7) is 3.86. The van der Waals surface area contributed by atoms with Crippen molar-refractivity contribution in [3.8, 4) is 16.9 Å². The van der Waals surface area contributed by atoms with E-state index in [1.165, 1.54) is 19.2 Å². The summed E-state index contributed by atoms with van der Waals surface area (Å²) in [7, 11) is 1.51.